The quantitative estimate of drug-likeness (QED) is 0.0971. The Labute approximate surface area is 239 Å². The predicted molar refractivity (Wildman–Crippen MR) is 158 cm³/mol. The van der Waals surface area contributed by atoms with Crippen LogP contribution in [0.5, 0.6) is 0 Å². The molecule has 2 amide bonds. The number of amides is 2. The molecule has 0 saturated carbocycles. The number of nitrogens with two attached hydrogens (primary N) is 1. The van der Waals surface area contributed by atoms with Crippen molar-refractivity contribution in [2.45, 2.75) is 167 Å². The van der Waals surface area contributed by atoms with Gasteiger partial charge in [-0.2, -0.15) is 0 Å². The summed E-state index contributed by atoms with van der Waals surface area (Å²) in [5.41, 5.74) is 5.08. The molecule has 8 nitrogen and oxygen atoms in total. The number of hydrogen-bond donors (Lipinski definition) is 4. The lowest BCUT2D eigenvalue weighted by molar-refractivity contribution is -0.165. The lowest BCUT2D eigenvalue weighted by Crippen LogP contribution is -2.55. The second kappa shape index (κ2) is 25.7. The molecule has 0 saturated heterocycles. The zero-order valence-electron chi connectivity index (χ0n) is 25.5. The summed E-state index contributed by atoms with van der Waals surface area (Å²) in [5.74, 6) is -1.69. The molecule has 0 spiro atoms. The smallest absolute Gasteiger partial charge is 0.254 e. The zero-order chi connectivity index (χ0) is 29.3. The van der Waals surface area contributed by atoms with Crippen LogP contribution in [0, 0.1) is 0 Å². The highest BCUT2D eigenvalue weighted by Crippen LogP contribution is 2.16. The number of hydrogen-bond acceptors (Lipinski definition) is 6. The summed E-state index contributed by atoms with van der Waals surface area (Å²) in [6.07, 6.45) is 17.0. The molecule has 232 valence electrons. The van der Waals surface area contributed by atoms with Gasteiger partial charge in [0.25, 0.3) is 5.91 Å². The number of methoxy groups -OCH3 is 1. The van der Waals surface area contributed by atoms with E-state index in [1.807, 2.05) is 0 Å². The Morgan fingerprint density at radius 2 is 0.949 bits per heavy atom. The van der Waals surface area contributed by atoms with Gasteiger partial charge in [-0.3, -0.25) is 9.59 Å². The number of aliphatic hydroxyl groups excluding tert-OH is 3. The van der Waals surface area contributed by atoms with Crippen molar-refractivity contribution in [3.05, 3.63) is 0 Å². The summed E-state index contributed by atoms with van der Waals surface area (Å²) in [4.78, 5) is 26.2. The van der Waals surface area contributed by atoms with Crippen molar-refractivity contribution in [2.24, 2.45) is 5.73 Å². The van der Waals surface area contributed by atoms with Crippen LogP contribution in [-0.2, 0) is 14.3 Å². The molecular weight excluding hydrogens is 496 g/mol. The van der Waals surface area contributed by atoms with Gasteiger partial charge in [-0.15, -0.1) is 0 Å². The number of carbonyl (C=O) groups excluding carboxylic acids is 2. The molecule has 5 N–H and O–H groups in total. The molecule has 0 aliphatic rings. The van der Waals surface area contributed by atoms with Crippen molar-refractivity contribution < 1.29 is 29.6 Å². The molecule has 0 heterocycles. The fourth-order valence-electron chi connectivity index (χ4n) is 5.04. The summed E-state index contributed by atoms with van der Waals surface area (Å²) >= 11 is 0. The van der Waals surface area contributed by atoms with E-state index in [0.29, 0.717) is 13.1 Å². The molecule has 0 aromatic rings. The average Bonchev–Trinajstić information content (AvgIpc) is 2.93. The number of aliphatic hydroxyl groups is 3. The van der Waals surface area contributed by atoms with Crippen LogP contribution in [0.4, 0.5) is 0 Å². The number of ether oxygens (including phenoxy) is 1. The maximum atomic E-state index is 13.2. The lowest BCUT2D eigenvalue weighted by Gasteiger charge is -2.31. The van der Waals surface area contributed by atoms with E-state index >= 15 is 0 Å². The van der Waals surface area contributed by atoms with Gasteiger partial charge in [0.15, 0.2) is 12.2 Å². The Morgan fingerprint density at radius 3 is 1.26 bits per heavy atom. The van der Waals surface area contributed by atoms with Crippen LogP contribution in [0.1, 0.15) is 142 Å². The second-order valence-electron chi connectivity index (χ2n) is 11.2. The maximum Gasteiger partial charge on any atom is 0.254 e. The molecule has 0 aromatic heterocycles. The predicted octanol–water partition coefficient (Wildman–Crippen LogP) is 5.24. The van der Waals surface area contributed by atoms with E-state index in [2.05, 4.69) is 13.8 Å². The average molecular weight is 559 g/mol. The van der Waals surface area contributed by atoms with E-state index in [1.54, 1.807) is 4.90 Å². The van der Waals surface area contributed by atoms with Gasteiger partial charge in [0, 0.05) is 20.2 Å². The highest BCUT2D eigenvalue weighted by molar-refractivity contribution is 5.82. The third-order valence-electron chi connectivity index (χ3n) is 7.66. The van der Waals surface area contributed by atoms with E-state index in [9.17, 15) is 24.9 Å². The summed E-state index contributed by atoms with van der Waals surface area (Å²) in [5, 5.41) is 30.8. The molecule has 0 fully saturated rings. The van der Waals surface area contributed by atoms with Gasteiger partial charge in [0.2, 0.25) is 5.91 Å². The third-order valence-corrected chi connectivity index (χ3v) is 7.66. The van der Waals surface area contributed by atoms with Crippen molar-refractivity contribution >= 4 is 11.8 Å². The fourth-order valence-corrected chi connectivity index (χ4v) is 5.04. The molecule has 0 unspecified atom stereocenters. The second-order valence-corrected chi connectivity index (χ2v) is 11.2. The number of nitrogens with zero attached hydrogens (tertiary/aromatic N) is 1. The van der Waals surface area contributed by atoms with E-state index in [-0.39, 0.29) is 0 Å². The van der Waals surface area contributed by atoms with Gasteiger partial charge in [-0.25, -0.2) is 0 Å². The number of unbranched alkanes of at least 4 members (excludes halogenated alkanes) is 18. The Kier molecular flexibility index (Phi) is 24.9. The Balaban J connectivity index is 4.70. The standard InChI is InChI=1S/C31H62N2O6/c1-4-6-8-10-12-14-16-18-20-22-24-33(25-23-21-19-17-15-13-11-9-7-5-2)31(38)28(36)29(39-3)26(34)27(35)30(32)37/h26-29,34-36H,4-25H2,1-3H3,(H2,32,37)/t26-,27+,28-,29+/m1/s1. The Bertz CT molecular complexity index is 567. The van der Waals surface area contributed by atoms with Crippen molar-refractivity contribution in [2.75, 3.05) is 20.2 Å². The Hall–Kier alpha value is -1.22. The molecule has 0 bridgehead atoms. The van der Waals surface area contributed by atoms with Crippen LogP contribution >= 0.6 is 0 Å². The number of rotatable bonds is 28. The molecule has 0 aliphatic heterocycles. The van der Waals surface area contributed by atoms with Gasteiger partial charge >= 0.3 is 0 Å². The summed E-state index contributed by atoms with van der Waals surface area (Å²) in [7, 11) is 1.22. The van der Waals surface area contributed by atoms with Gasteiger partial charge in [-0.05, 0) is 12.8 Å². The largest absolute Gasteiger partial charge is 0.387 e. The first-order valence-corrected chi connectivity index (χ1v) is 16.0. The molecule has 0 aromatic carbocycles. The van der Waals surface area contributed by atoms with E-state index in [1.165, 1.54) is 97.0 Å². The Morgan fingerprint density at radius 1 is 0.615 bits per heavy atom. The minimum atomic E-state index is -1.94. The van der Waals surface area contributed by atoms with Crippen molar-refractivity contribution in [1.82, 2.24) is 4.90 Å². The van der Waals surface area contributed by atoms with E-state index < -0.39 is 36.2 Å². The summed E-state index contributed by atoms with van der Waals surface area (Å²) in [6, 6.07) is 0. The normalized spacial score (nSPS) is 14.6. The minimum Gasteiger partial charge on any atom is -0.387 e. The van der Waals surface area contributed by atoms with Crippen molar-refractivity contribution in [3.63, 3.8) is 0 Å². The van der Waals surface area contributed by atoms with E-state index in [4.69, 9.17) is 10.5 Å². The molecule has 39 heavy (non-hydrogen) atoms. The van der Waals surface area contributed by atoms with Crippen LogP contribution in [0.15, 0.2) is 0 Å². The SMILES string of the molecule is CCCCCCCCCCCCN(CCCCCCCCCCCC)C(=O)[C@H](O)[C@@H](OC)[C@H](O)[C@H](O)C(N)=O. The maximum absolute atomic E-state index is 13.2. The monoisotopic (exact) mass is 558 g/mol. The molecule has 4 atom stereocenters. The third kappa shape index (κ3) is 18.7. The van der Waals surface area contributed by atoms with Crippen molar-refractivity contribution in [3.8, 4) is 0 Å². The molecule has 8 heteroatoms. The zero-order valence-corrected chi connectivity index (χ0v) is 25.5. The van der Waals surface area contributed by atoms with Gasteiger partial charge in [0.05, 0.1) is 0 Å². The molecule has 0 rings (SSSR count). The first-order chi connectivity index (χ1) is 18.8. The fraction of sp³-hybridized carbons (Fsp3) is 0.935. The summed E-state index contributed by atoms with van der Waals surface area (Å²) in [6.45, 7) is 5.50. The van der Waals surface area contributed by atoms with Crippen molar-refractivity contribution in [1.29, 1.82) is 0 Å². The van der Waals surface area contributed by atoms with Crippen LogP contribution in [0.25, 0.3) is 0 Å². The van der Waals surface area contributed by atoms with Crippen LogP contribution in [-0.4, -0.2) is 76.6 Å². The molecule has 0 aliphatic carbocycles. The van der Waals surface area contributed by atoms with Crippen LogP contribution in [0.2, 0.25) is 0 Å². The lowest BCUT2D eigenvalue weighted by atomic mass is 10.0. The highest BCUT2D eigenvalue weighted by Gasteiger charge is 2.39. The topological polar surface area (TPSA) is 133 Å². The minimum absolute atomic E-state index is 0.523. The van der Waals surface area contributed by atoms with Gasteiger partial charge in [0.1, 0.15) is 12.2 Å². The van der Waals surface area contributed by atoms with E-state index in [0.717, 1.165) is 38.5 Å². The van der Waals surface area contributed by atoms with Gasteiger partial charge in [-0.1, -0.05) is 129 Å². The highest BCUT2D eigenvalue weighted by atomic mass is 16.5. The first-order valence-electron chi connectivity index (χ1n) is 16.0. The molecular formula is C31H62N2O6. The van der Waals surface area contributed by atoms with Crippen LogP contribution in [0.3, 0.4) is 0 Å². The first kappa shape index (κ1) is 37.8. The summed E-state index contributed by atoms with van der Waals surface area (Å²) < 4.78 is 5.11. The van der Waals surface area contributed by atoms with Crippen LogP contribution < -0.4 is 5.73 Å². The number of primary amides is 1. The van der Waals surface area contributed by atoms with Gasteiger partial charge < -0.3 is 30.7 Å². The number of carbonyl (C=O) groups is 2. The molecule has 0 radical (unpaired) electrons.